The van der Waals surface area contributed by atoms with Crippen molar-refractivity contribution < 1.29 is 19.4 Å². The van der Waals surface area contributed by atoms with Crippen LogP contribution >= 0.6 is 0 Å². The van der Waals surface area contributed by atoms with Crippen LogP contribution in [0, 0.1) is 0 Å². The molecule has 1 aliphatic heterocycles. The van der Waals surface area contributed by atoms with E-state index < -0.39 is 12.0 Å². The van der Waals surface area contributed by atoms with E-state index in [4.69, 9.17) is 4.74 Å². The number of hydrogen-bond donors (Lipinski definition) is 1. The molecule has 1 aliphatic rings. The predicted octanol–water partition coefficient (Wildman–Crippen LogP) is 2.13. The van der Waals surface area contributed by atoms with Crippen molar-refractivity contribution in [2.45, 2.75) is 25.9 Å². The summed E-state index contributed by atoms with van der Waals surface area (Å²) in [6.45, 7) is 2.62. The molecule has 0 bridgehead atoms. The van der Waals surface area contributed by atoms with Crippen molar-refractivity contribution in [1.82, 2.24) is 9.88 Å². The van der Waals surface area contributed by atoms with Gasteiger partial charge in [-0.2, -0.15) is 0 Å². The first-order chi connectivity index (χ1) is 11.6. The van der Waals surface area contributed by atoms with Crippen LogP contribution in [0.4, 0.5) is 0 Å². The zero-order valence-electron chi connectivity index (χ0n) is 13.3. The van der Waals surface area contributed by atoms with Crippen molar-refractivity contribution in [1.29, 1.82) is 0 Å². The molecule has 1 aromatic carbocycles. The zero-order valence-corrected chi connectivity index (χ0v) is 13.3. The summed E-state index contributed by atoms with van der Waals surface area (Å²) in [5.74, 6) is -0.906. The summed E-state index contributed by atoms with van der Waals surface area (Å²) < 4.78 is 5.26. The normalized spacial score (nSPS) is 16.4. The fraction of sp³-hybridized carbons (Fsp3) is 0.278. The minimum absolute atomic E-state index is 0.277. The lowest BCUT2D eigenvalue weighted by atomic mass is 9.93. The molecule has 0 spiro atoms. The summed E-state index contributed by atoms with van der Waals surface area (Å²) in [5.41, 5.74) is 2.30. The van der Waals surface area contributed by atoms with E-state index in [1.165, 1.54) is 11.1 Å². The van der Waals surface area contributed by atoms with Gasteiger partial charge in [0.25, 0.3) is 5.91 Å². The van der Waals surface area contributed by atoms with Crippen LogP contribution in [0.3, 0.4) is 0 Å². The van der Waals surface area contributed by atoms with Crippen molar-refractivity contribution in [3.05, 3.63) is 59.3 Å². The summed E-state index contributed by atoms with van der Waals surface area (Å²) in [6.07, 6.45) is 1.73. The molecule has 0 aliphatic carbocycles. The van der Waals surface area contributed by atoms with Gasteiger partial charge in [-0.25, -0.2) is 9.78 Å². The second-order valence-corrected chi connectivity index (χ2v) is 5.58. The number of carboxylic acid groups (broad SMARTS) is 1. The van der Waals surface area contributed by atoms with Gasteiger partial charge in [0, 0.05) is 25.2 Å². The van der Waals surface area contributed by atoms with Gasteiger partial charge in [-0.05, 0) is 24.1 Å². The second-order valence-electron chi connectivity index (χ2n) is 5.58. The van der Waals surface area contributed by atoms with Crippen LogP contribution in [0.15, 0.2) is 42.6 Å². The fourth-order valence-corrected chi connectivity index (χ4v) is 2.86. The summed E-state index contributed by atoms with van der Waals surface area (Å²) >= 11 is 0. The number of pyridine rings is 1. The van der Waals surface area contributed by atoms with Gasteiger partial charge in [0.1, 0.15) is 6.04 Å². The lowest BCUT2D eigenvalue weighted by molar-refractivity contribution is -0.142. The Kier molecular flexibility index (Phi) is 4.46. The molecule has 3 rings (SSSR count). The maximum absolute atomic E-state index is 12.8. The van der Waals surface area contributed by atoms with Crippen LogP contribution in [0.5, 0.6) is 5.88 Å². The molecule has 124 valence electrons. The molecule has 0 saturated carbocycles. The smallest absolute Gasteiger partial charge is 0.326 e. The topological polar surface area (TPSA) is 79.7 Å². The van der Waals surface area contributed by atoms with Gasteiger partial charge in [0.05, 0.1) is 12.2 Å². The average Bonchev–Trinajstić information content (AvgIpc) is 2.61. The summed E-state index contributed by atoms with van der Waals surface area (Å²) in [4.78, 5) is 29.9. The highest BCUT2D eigenvalue weighted by atomic mass is 16.5. The van der Waals surface area contributed by atoms with Crippen LogP contribution in [0.1, 0.15) is 28.4 Å². The number of carbonyl (C=O) groups excluding carboxylic acids is 1. The SMILES string of the molecule is CCOc1ccc(C(=O)N2Cc3ccccc3CC2C(=O)O)cn1. The third-order valence-electron chi connectivity index (χ3n) is 4.07. The minimum Gasteiger partial charge on any atom is -0.480 e. The summed E-state index contributed by atoms with van der Waals surface area (Å²) in [6, 6.07) is 9.95. The lowest BCUT2D eigenvalue weighted by Crippen LogP contribution is -2.48. The van der Waals surface area contributed by atoms with Crippen LogP contribution in [-0.2, 0) is 17.8 Å². The highest BCUT2D eigenvalue weighted by Crippen LogP contribution is 2.25. The third-order valence-corrected chi connectivity index (χ3v) is 4.07. The van der Waals surface area contributed by atoms with Crippen molar-refractivity contribution in [3.63, 3.8) is 0 Å². The number of hydrogen-bond acceptors (Lipinski definition) is 4. The van der Waals surface area contributed by atoms with Gasteiger partial charge in [-0.3, -0.25) is 4.79 Å². The number of amides is 1. The Balaban J connectivity index is 1.88. The Hall–Kier alpha value is -2.89. The van der Waals surface area contributed by atoms with E-state index in [2.05, 4.69) is 4.98 Å². The van der Waals surface area contributed by atoms with Crippen LogP contribution < -0.4 is 4.74 Å². The third kappa shape index (κ3) is 3.08. The molecular weight excluding hydrogens is 308 g/mol. The first-order valence-electron chi connectivity index (χ1n) is 7.79. The Morgan fingerprint density at radius 3 is 2.62 bits per heavy atom. The van der Waals surface area contributed by atoms with Crippen molar-refractivity contribution in [3.8, 4) is 5.88 Å². The van der Waals surface area contributed by atoms with Crippen LogP contribution in [0.25, 0.3) is 0 Å². The molecule has 1 unspecified atom stereocenters. The minimum atomic E-state index is -1.00. The van der Waals surface area contributed by atoms with Crippen molar-refractivity contribution >= 4 is 11.9 Å². The Labute approximate surface area is 139 Å². The van der Waals surface area contributed by atoms with Crippen molar-refractivity contribution in [2.75, 3.05) is 6.61 Å². The van der Waals surface area contributed by atoms with Gasteiger partial charge in [0.15, 0.2) is 0 Å². The molecule has 0 saturated heterocycles. The number of nitrogens with zero attached hydrogens (tertiary/aromatic N) is 2. The maximum atomic E-state index is 12.8. The molecule has 6 heteroatoms. The monoisotopic (exact) mass is 326 g/mol. The fourth-order valence-electron chi connectivity index (χ4n) is 2.86. The van der Waals surface area contributed by atoms with E-state index in [9.17, 15) is 14.7 Å². The van der Waals surface area contributed by atoms with E-state index in [0.29, 0.717) is 24.5 Å². The number of ether oxygens (including phenoxy) is 1. The largest absolute Gasteiger partial charge is 0.480 e. The van der Waals surface area contributed by atoms with E-state index in [-0.39, 0.29) is 12.5 Å². The molecule has 24 heavy (non-hydrogen) atoms. The number of fused-ring (bicyclic) bond motifs is 1. The number of aromatic nitrogens is 1. The summed E-state index contributed by atoms with van der Waals surface area (Å²) in [7, 11) is 0. The highest BCUT2D eigenvalue weighted by molar-refractivity contribution is 5.96. The summed E-state index contributed by atoms with van der Waals surface area (Å²) in [5, 5.41) is 9.51. The van der Waals surface area contributed by atoms with E-state index >= 15 is 0 Å². The number of benzene rings is 1. The van der Waals surface area contributed by atoms with Gasteiger partial charge in [-0.1, -0.05) is 24.3 Å². The molecule has 1 aromatic heterocycles. The molecule has 0 radical (unpaired) electrons. The molecule has 2 heterocycles. The predicted molar refractivity (Wildman–Crippen MR) is 86.8 cm³/mol. The second kappa shape index (κ2) is 6.70. The van der Waals surface area contributed by atoms with Gasteiger partial charge in [0.2, 0.25) is 5.88 Å². The Morgan fingerprint density at radius 2 is 2.00 bits per heavy atom. The molecule has 1 N–H and O–H groups in total. The van der Waals surface area contributed by atoms with Crippen LogP contribution in [-0.4, -0.2) is 39.5 Å². The first kappa shape index (κ1) is 16.0. The van der Waals surface area contributed by atoms with E-state index in [0.717, 1.165) is 11.1 Å². The number of rotatable bonds is 4. The molecule has 1 amide bonds. The Morgan fingerprint density at radius 1 is 1.25 bits per heavy atom. The van der Waals surface area contributed by atoms with E-state index in [1.807, 2.05) is 31.2 Å². The lowest BCUT2D eigenvalue weighted by Gasteiger charge is -2.34. The average molecular weight is 326 g/mol. The maximum Gasteiger partial charge on any atom is 0.326 e. The standard InChI is InChI=1S/C18H18N2O4/c1-2-24-16-8-7-13(10-19-16)17(21)20-11-14-6-4-3-5-12(14)9-15(20)18(22)23/h3-8,10,15H,2,9,11H2,1H3,(H,22,23). The van der Waals surface area contributed by atoms with Gasteiger partial charge >= 0.3 is 5.97 Å². The molecule has 1 atom stereocenters. The Bertz CT molecular complexity index is 758. The quantitative estimate of drug-likeness (QED) is 0.931. The molecular formula is C18H18N2O4. The van der Waals surface area contributed by atoms with Gasteiger partial charge in [-0.15, -0.1) is 0 Å². The molecule has 0 fully saturated rings. The van der Waals surface area contributed by atoms with Crippen LogP contribution in [0.2, 0.25) is 0 Å². The molecule has 6 nitrogen and oxygen atoms in total. The molecule has 2 aromatic rings. The number of aliphatic carboxylic acids is 1. The zero-order chi connectivity index (χ0) is 17.1. The number of carbonyl (C=O) groups is 2. The van der Waals surface area contributed by atoms with E-state index in [1.54, 1.807) is 12.1 Å². The number of carboxylic acids is 1. The van der Waals surface area contributed by atoms with Gasteiger partial charge < -0.3 is 14.7 Å². The first-order valence-corrected chi connectivity index (χ1v) is 7.79. The highest BCUT2D eigenvalue weighted by Gasteiger charge is 2.34. The van der Waals surface area contributed by atoms with Crippen molar-refractivity contribution in [2.24, 2.45) is 0 Å².